The summed E-state index contributed by atoms with van der Waals surface area (Å²) >= 11 is 1.65. The summed E-state index contributed by atoms with van der Waals surface area (Å²) in [6.45, 7) is 3.05. The second-order valence-corrected chi connectivity index (χ2v) is 5.66. The fraction of sp³-hybridized carbons (Fsp3) is 0.833. The molecule has 1 atom stereocenters. The zero-order valence-electron chi connectivity index (χ0n) is 11.0. The van der Waals surface area contributed by atoms with E-state index in [1.165, 1.54) is 12.8 Å². The predicted octanol–water partition coefficient (Wildman–Crippen LogP) is 2.00. The number of thioether (sulfide) groups is 1. The molecule has 102 valence electrons. The summed E-state index contributed by atoms with van der Waals surface area (Å²) in [6, 6.07) is 0. The molecule has 2 N–H and O–H groups in total. The van der Waals surface area contributed by atoms with E-state index in [0.717, 1.165) is 49.0 Å². The van der Waals surface area contributed by atoms with Gasteiger partial charge in [-0.25, -0.2) is 4.68 Å². The summed E-state index contributed by atoms with van der Waals surface area (Å²) in [5.41, 5.74) is 0. The van der Waals surface area contributed by atoms with E-state index in [9.17, 15) is 0 Å². The molecule has 0 aliphatic carbocycles. The minimum Gasteiger partial charge on any atom is -0.377 e. The molecule has 0 saturated carbocycles. The molecular formula is C12H22N4OS. The van der Waals surface area contributed by atoms with E-state index in [1.807, 2.05) is 0 Å². The fourth-order valence-corrected chi connectivity index (χ4v) is 2.96. The molecule has 1 unspecified atom stereocenters. The number of aromatic nitrogens is 3. The van der Waals surface area contributed by atoms with Crippen LogP contribution in [0.2, 0.25) is 0 Å². The van der Waals surface area contributed by atoms with Gasteiger partial charge in [0.25, 0.3) is 0 Å². The Labute approximate surface area is 112 Å². The molecule has 2 heterocycles. The summed E-state index contributed by atoms with van der Waals surface area (Å²) in [5, 5.41) is 9.09. The normalized spacial score (nSPS) is 20.2. The summed E-state index contributed by atoms with van der Waals surface area (Å²) in [4.78, 5) is 0. The first-order valence-corrected chi connectivity index (χ1v) is 7.73. The van der Waals surface area contributed by atoms with Gasteiger partial charge in [-0.1, -0.05) is 25.1 Å². The van der Waals surface area contributed by atoms with Gasteiger partial charge in [0.2, 0.25) is 5.16 Å². The Balaban J connectivity index is 1.83. The number of nitrogens with two attached hydrogens (primary N) is 1. The van der Waals surface area contributed by atoms with Crippen molar-refractivity contribution in [1.29, 1.82) is 0 Å². The van der Waals surface area contributed by atoms with E-state index in [2.05, 4.69) is 17.1 Å². The molecule has 6 heteroatoms. The van der Waals surface area contributed by atoms with Crippen LogP contribution in [0, 0.1) is 0 Å². The van der Waals surface area contributed by atoms with Crippen molar-refractivity contribution < 1.29 is 4.74 Å². The van der Waals surface area contributed by atoms with Crippen molar-refractivity contribution in [3.63, 3.8) is 0 Å². The Bertz CT molecular complexity index is 363. The zero-order chi connectivity index (χ0) is 12.8. The lowest BCUT2D eigenvalue weighted by atomic mass is 10.1. The number of hydrogen-bond acceptors (Lipinski definition) is 5. The topological polar surface area (TPSA) is 66.0 Å². The van der Waals surface area contributed by atoms with Crippen molar-refractivity contribution in [3.8, 4) is 0 Å². The predicted molar refractivity (Wildman–Crippen MR) is 73.1 cm³/mol. The van der Waals surface area contributed by atoms with E-state index >= 15 is 0 Å². The molecule has 0 radical (unpaired) electrons. The Morgan fingerprint density at radius 1 is 1.44 bits per heavy atom. The first-order chi connectivity index (χ1) is 8.81. The maximum atomic E-state index is 5.99. The maximum absolute atomic E-state index is 5.99. The van der Waals surface area contributed by atoms with Crippen LogP contribution < -0.4 is 5.84 Å². The Kier molecular flexibility index (Phi) is 5.31. The van der Waals surface area contributed by atoms with Gasteiger partial charge >= 0.3 is 0 Å². The second-order valence-electron chi connectivity index (χ2n) is 4.67. The number of aryl methyl sites for hydroxylation is 1. The first kappa shape index (κ1) is 13.7. The average molecular weight is 270 g/mol. The third-order valence-corrected chi connectivity index (χ3v) is 4.24. The van der Waals surface area contributed by atoms with Gasteiger partial charge in [-0.3, -0.25) is 0 Å². The van der Waals surface area contributed by atoms with Crippen LogP contribution in [0.25, 0.3) is 0 Å². The summed E-state index contributed by atoms with van der Waals surface area (Å²) < 4.78 is 7.32. The number of rotatable bonds is 6. The van der Waals surface area contributed by atoms with Crippen LogP contribution in [0.3, 0.4) is 0 Å². The van der Waals surface area contributed by atoms with Crippen molar-refractivity contribution in [1.82, 2.24) is 14.9 Å². The lowest BCUT2D eigenvalue weighted by molar-refractivity contribution is 0.0315. The quantitative estimate of drug-likeness (QED) is 0.632. The van der Waals surface area contributed by atoms with Crippen molar-refractivity contribution in [3.05, 3.63) is 5.82 Å². The zero-order valence-corrected chi connectivity index (χ0v) is 11.8. The lowest BCUT2D eigenvalue weighted by Crippen LogP contribution is -2.22. The molecule has 0 aromatic carbocycles. The van der Waals surface area contributed by atoms with E-state index in [-0.39, 0.29) is 0 Å². The minimum absolute atomic E-state index is 0.347. The monoisotopic (exact) mass is 270 g/mol. The molecule has 2 rings (SSSR count). The van der Waals surface area contributed by atoms with Crippen LogP contribution in [0.5, 0.6) is 0 Å². The van der Waals surface area contributed by atoms with Crippen LogP contribution in [0.15, 0.2) is 5.16 Å². The SMILES string of the molecule is CCCCc1nnc(SCC2CCCCO2)n1N. The first-order valence-electron chi connectivity index (χ1n) is 6.75. The molecule has 0 bridgehead atoms. The summed E-state index contributed by atoms with van der Waals surface area (Å²) in [7, 11) is 0. The number of ether oxygens (including phenoxy) is 1. The molecular weight excluding hydrogens is 248 g/mol. The second kappa shape index (κ2) is 6.99. The van der Waals surface area contributed by atoms with Crippen LogP contribution in [-0.2, 0) is 11.2 Å². The highest BCUT2D eigenvalue weighted by molar-refractivity contribution is 7.99. The Hall–Kier alpha value is -0.750. The maximum Gasteiger partial charge on any atom is 0.209 e. The largest absolute Gasteiger partial charge is 0.377 e. The van der Waals surface area contributed by atoms with Gasteiger partial charge in [0.15, 0.2) is 5.82 Å². The van der Waals surface area contributed by atoms with Crippen molar-refractivity contribution in [2.45, 2.75) is 56.7 Å². The van der Waals surface area contributed by atoms with E-state index in [0.29, 0.717) is 6.10 Å². The number of nitrogen functional groups attached to an aromatic ring is 1. The van der Waals surface area contributed by atoms with Gasteiger partial charge < -0.3 is 10.6 Å². The third-order valence-electron chi connectivity index (χ3n) is 3.16. The van der Waals surface area contributed by atoms with Gasteiger partial charge in [-0.05, 0) is 25.7 Å². The standard InChI is InChI=1S/C12H22N4OS/c1-2-3-7-11-14-15-12(16(11)13)18-9-10-6-4-5-8-17-10/h10H,2-9,13H2,1H3. The van der Waals surface area contributed by atoms with Gasteiger partial charge in [-0.2, -0.15) is 0 Å². The molecule has 5 nitrogen and oxygen atoms in total. The van der Waals surface area contributed by atoms with Gasteiger partial charge in [-0.15, -0.1) is 10.2 Å². The average Bonchev–Trinajstić information content (AvgIpc) is 2.76. The minimum atomic E-state index is 0.347. The van der Waals surface area contributed by atoms with Crippen LogP contribution in [0.1, 0.15) is 44.9 Å². The molecule has 1 fully saturated rings. The molecule has 18 heavy (non-hydrogen) atoms. The third kappa shape index (κ3) is 3.62. The molecule has 1 aromatic rings. The van der Waals surface area contributed by atoms with Gasteiger partial charge in [0.1, 0.15) is 0 Å². The van der Waals surface area contributed by atoms with Gasteiger partial charge in [0, 0.05) is 18.8 Å². The Morgan fingerprint density at radius 2 is 2.33 bits per heavy atom. The lowest BCUT2D eigenvalue weighted by Gasteiger charge is -2.21. The fourth-order valence-electron chi connectivity index (χ4n) is 2.02. The molecule has 1 saturated heterocycles. The number of hydrogen-bond donors (Lipinski definition) is 1. The van der Waals surface area contributed by atoms with E-state index in [1.54, 1.807) is 16.4 Å². The molecule has 1 aromatic heterocycles. The summed E-state index contributed by atoms with van der Waals surface area (Å²) in [6.07, 6.45) is 7.10. The highest BCUT2D eigenvalue weighted by atomic mass is 32.2. The van der Waals surface area contributed by atoms with Crippen LogP contribution >= 0.6 is 11.8 Å². The molecule has 0 amide bonds. The number of nitrogens with zero attached hydrogens (tertiary/aromatic N) is 3. The highest BCUT2D eigenvalue weighted by Crippen LogP contribution is 2.22. The molecule has 1 aliphatic rings. The molecule has 1 aliphatic heterocycles. The summed E-state index contributed by atoms with van der Waals surface area (Å²) in [5.74, 6) is 7.79. The molecule has 0 spiro atoms. The van der Waals surface area contributed by atoms with Crippen molar-refractivity contribution >= 4 is 11.8 Å². The van der Waals surface area contributed by atoms with Crippen LogP contribution in [0.4, 0.5) is 0 Å². The van der Waals surface area contributed by atoms with Crippen LogP contribution in [-0.4, -0.2) is 33.3 Å². The number of unbranched alkanes of at least 4 members (excludes halogenated alkanes) is 1. The Morgan fingerprint density at radius 3 is 3.06 bits per heavy atom. The van der Waals surface area contributed by atoms with Gasteiger partial charge in [0.05, 0.1) is 6.10 Å². The highest BCUT2D eigenvalue weighted by Gasteiger charge is 2.16. The van der Waals surface area contributed by atoms with E-state index in [4.69, 9.17) is 10.6 Å². The smallest absolute Gasteiger partial charge is 0.209 e. The van der Waals surface area contributed by atoms with E-state index < -0.39 is 0 Å². The van der Waals surface area contributed by atoms with Crippen molar-refractivity contribution in [2.75, 3.05) is 18.2 Å². The van der Waals surface area contributed by atoms with Crippen molar-refractivity contribution in [2.24, 2.45) is 0 Å².